The summed E-state index contributed by atoms with van der Waals surface area (Å²) in [5.41, 5.74) is 12.7. The Morgan fingerprint density at radius 1 is 1.24 bits per heavy atom. The Morgan fingerprint density at radius 2 is 2.03 bits per heavy atom. The van der Waals surface area contributed by atoms with Crippen LogP contribution in [0.5, 0.6) is 0 Å². The third kappa shape index (κ3) is 3.64. The summed E-state index contributed by atoms with van der Waals surface area (Å²) in [5, 5.41) is 8.51. The number of rotatable bonds is 4. The van der Waals surface area contributed by atoms with Gasteiger partial charge in [-0.1, -0.05) is 29.4 Å². The maximum Gasteiger partial charge on any atom is 0.218 e. The summed E-state index contributed by atoms with van der Waals surface area (Å²) in [7, 11) is 1.89. The molecule has 0 saturated carbocycles. The van der Waals surface area contributed by atoms with Crippen LogP contribution in [-0.4, -0.2) is 27.4 Å². The van der Waals surface area contributed by atoms with Gasteiger partial charge in [0, 0.05) is 60.2 Å². The highest BCUT2D eigenvalue weighted by molar-refractivity contribution is 5.89. The summed E-state index contributed by atoms with van der Waals surface area (Å²) in [4.78, 5) is 17.6. The molecule has 2 aromatic heterocycles. The van der Waals surface area contributed by atoms with Gasteiger partial charge in [-0.25, -0.2) is 4.85 Å². The summed E-state index contributed by atoms with van der Waals surface area (Å²) in [6.45, 7) is 9.65. The van der Waals surface area contributed by atoms with Crippen LogP contribution < -0.4 is 10.6 Å². The molecule has 164 valence electrons. The maximum absolute atomic E-state index is 11.9. The van der Waals surface area contributed by atoms with E-state index in [1.807, 2.05) is 38.5 Å². The lowest BCUT2D eigenvalue weighted by Gasteiger charge is -2.28. The average molecular weight is 438 g/mol. The average Bonchev–Trinajstić information content (AvgIpc) is 3.38. The van der Waals surface area contributed by atoms with E-state index in [1.165, 1.54) is 0 Å². The first-order valence-electron chi connectivity index (χ1n) is 10.6. The van der Waals surface area contributed by atoms with E-state index in [-0.39, 0.29) is 12.3 Å². The van der Waals surface area contributed by atoms with Crippen molar-refractivity contribution in [2.75, 3.05) is 11.4 Å². The summed E-state index contributed by atoms with van der Waals surface area (Å²) in [6.07, 6.45) is 3.94. The summed E-state index contributed by atoms with van der Waals surface area (Å²) in [6, 6.07) is 13.7. The number of nitrogens with two attached hydrogens (primary N) is 1. The van der Waals surface area contributed by atoms with Crippen LogP contribution in [0.4, 0.5) is 17.1 Å². The summed E-state index contributed by atoms with van der Waals surface area (Å²) in [5.74, 6) is 0.000694. The van der Waals surface area contributed by atoms with Gasteiger partial charge in [-0.05, 0) is 30.7 Å². The lowest BCUT2D eigenvalue weighted by Crippen LogP contribution is -2.26. The normalized spacial score (nSPS) is 14.8. The number of aromatic nitrogens is 3. The molecule has 8 heteroatoms. The van der Waals surface area contributed by atoms with Crippen molar-refractivity contribution in [1.82, 2.24) is 14.9 Å². The zero-order valence-corrected chi connectivity index (χ0v) is 18.3. The molecule has 1 amide bonds. The second-order valence-corrected chi connectivity index (χ2v) is 8.25. The van der Waals surface area contributed by atoms with Gasteiger partial charge in [0.25, 0.3) is 0 Å². The van der Waals surface area contributed by atoms with E-state index >= 15 is 0 Å². The van der Waals surface area contributed by atoms with Crippen LogP contribution in [-0.2, 0) is 11.8 Å². The molecule has 0 fully saturated rings. The predicted octanol–water partition coefficient (Wildman–Crippen LogP) is 4.71. The molecule has 33 heavy (non-hydrogen) atoms. The zero-order chi connectivity index (χ0) is 23.1. The van der Waals surface area contributed by atoms with Crippen molar-refractivity contribution in [1.29, 1.82) is 0 Å². The monoisotopic (exact) mass is 438 g/mol. The van der Waals surface area contributed by atoms with Crippen molar-refractivity contribution in [3.8, 4) is 22.3 Å². The van der Waals surface area contributed by atoms with Crippen LogP contribution in [0, 0.1) is 13.5 Å². The second kappa shape index (κ2) is 7.95. The van der Waals surface area contributed by atoms with Gasteiger partial charge in [0.2, 0.25) is 5.91 Å². The molecule has 0 bridgehead atoms. The number of nitrogens with zero attached hydrogens (tertiary/aromatic N) is 5. The molecule has 0 spiro atoms. The SMILES string of the molecule is [C-]#[N+]c1ccc(N2CC(CC(N)=O)c3onc(C)c3-c3ccc(-c4cnn(C)c4)cc32)cc1. The molecule has 8 nitrogen and oxygen atoms in total. The van der Waals surface area contributed by atoms with E-state index in [9.17, 15) is 4.79 Å². The first kappa shape index (κ1) is 20.5. The van der Waals surface area contributed by atoms with Gasteiger partial charge in [-0.2, -0.15) is 5.10 Å². The van der Waals surface area contributed by atoms with Crippen LogP contribution in [0.2, 0.25) is 0 Å². The second-order valence-electron chi connectivity index (χ2n) is 8.25. The fourth-order valence-electron chi connectivity index (χ4n) is 4.46. The highest BCUT2D eigenvalue weighted by Crippen LogP contribution is 2.47. The number of hydrogen-bond acceptors (Lipinski definition) is 5. The molecule has 0 radical (unpaired) electrons. The zero-order valence-electron chi connectivity index (χ0n) is 18.3. The van der Waals surface area contributed by atoms with E-state index in [2.05, 4.69) is 38.2 Å². The van der Waals surface area contributed by atoms with Gasteiger partial charge in [-0.3, -0.25) is 9.48 Å². The van der Waals surface area contributed by atoms with Crippen LogP contribution in [0.15, 0.2) is 59.4 Å². The van der Waals surface area contributed by atoms with Crippen LogP contribution in [0.3, 0.4) is 0 Å². The largest absolute Gasteiger partial charge is 0.370 e. The van der Waals surface area contributed by atoms with E-state index in [4.69, 9.17) is 16.8 Å². The van der Waals surface area contributed by atoms with Crippen molar-refractivity contribution in [2.45, 2.75) is 19.3 Å². The summed E-state index contributed by atoms with van der Waals surface area (Å²) < 4.78 is 7.51. The lowest BCUT2D eigenvalue weighted by atomic mass is 9.94. The van der Waals surface area contributed by atoms with Gasteiger partial charge < -0.3 is 15.2 Å². The minimum Gasteiger partial charge on any atom is -0.370 e. The van der Waals surface area contributed by atoms with Crippen molar-refractivity contribution < 1.29 is 9.32 Å². The van der Waals surface area contributed by atoms with Crippen molar-refractivity contribution in [3.63, 3.8) is 0 Å². The van der Waals surface area contributed by atoms with Crippen LogP contribution in [0.25, 0.3) is 27.1 Å². The fourth-order valence-corrected chi connectivity index (χ4v) is 4.46. The number of amides is 1. The third-order valence-electron chi connectivity index (χ3n) is 6.00. The minimum atomic E-state index is -0.398. The molecule has 0 aliphatic carbocycles. The first-order valence-corrected chi connectivity index (χ1v) is 10.6. The Bertz CT molecular complexity index is 1390. The number of carbonyl (C=O) groups excluding carboxylic acids is 1. The highest BCUT2D eigenvalue weighted by Gasteiger charge is 2.33. The fraction of sp³-hybridized carbons (Fsp3) is 0.200. The molecule has 0 saturated heterocycles. The standard InChI is InChI=1S/C25H22N6O2/c1-15-24-21-9-4-16(18-12-28-30(3)13-18)10-22(21)31(20-7-5-19(27-2)6-8-20)14-17(11-23(26)32)25(24)33-29-15/h4-10,12-13,17H,11,14H2,1,3H3,(H2,26,32). The smallest absolute Gasteiger partial charge is 0.218 e. The van der Waals surface area contributed by atoms with E-state index in [0.29, 0.717) is 18.0 Å². The number of anilines is 2. The Balaban J connectivity index is 1.73. The van der Waals surface area contributed by atoms with E-state index in [0.717, 1.165) is 39.3 Å². The van der Waals surface area contributed by atoms with Crippen LogP contribution in [0.1, 0.15) is 23.8 Å². The molecule has 1 aliphatic heterocycles. The molecule has 3 heterocycles. The van der Waals surface area contributed by atoms with Gasteiger partial charge in [0.15, 0.2) is 5.69 Å². The quantitative estimate of drug-likeness (QED) is 0.466. The van der Waals surface area contributed by atoms with Gasteiger partial charge in [-0.15, -0.1) is 0 Å². The number of carbonyl (C=O) groups is 1. The lowest BCUT2D eigenvalue weighted by molar-refractivity contribution is -0.118. The van der Waals surface area contributed by atoms with Crippen molar-refractivity contribution >= 4 is 23.0 Å². The Kier molecular flexibility index (Phi) is 4.94. The minimum absolute atomic E-state index is 0.141. The van der Waals surface area contributed by atoms with Crippen LogP contribution >= 0.6 is 0 Å². The van der Waals surface area contributed by atoms with Gasteiger partial charge >= 0.3 is 0 Å². The first-order chi connectivity index (χ1) is 15.9. The molecule has 2 aromatic carbocycles. The third-order valence-corrected chi connectivity index (χ3v) is 6.00. The van der Waals surface area contributed by atoms with Crippen molar-refractivity contribution in [3.05, 3.63) is 77.7 Å². The number of primary amides is 1. The molecule has 5 rings (SSSR count). The topological polar surface area (TPSA) is 94.5 Å². The highest BCUT2D eigenvalue weighted by atomic mass is 16.5. The van der Waals surface area contributed by atoms with E-state index < -0.39 is 5.91 Å². The molecule has 2 N–H and O–H groups in total. The Labute approximate surface area is 191 Å². The molecular weight excluding hydrogens is 416 g/mol. The predicted molar refractivity (Wildman–Crippen MR) is 125 cm³/mol. The molecule has 1 atom stereocenters. The Morgan fingerprint density at radius 3 is 2.70 bits per heavy atom. The van der Waals surface area contributed by atoms with E-state index in [1.54, 1.807) is 16.8 Å². The summed E-state index contributed by atoms with van der Waals surface area (Å²) >= 11 is 0. The maximum atomic E-state index is 11.9. The number of aryl methyl sites for hydroxylation is 2. The molecular formula is C25H22N6O2. The van der Waals surface area contributed by atoms with Crippen molar-refractivity contribution in [2.24, 2.45) is 12.8 Å². The molecule has 1 aliphatic rings. The molecule has 1 unspecified atom stereocenters. The number of benzene rings is 2. The number of hydrogen-bond donors (Lipinski definition) is 1. The van der Waals surface area contributed by atoms with Gasteiger partial charge in [0.05, 0.1) is 18.5 Å². The number of fused-ring (bicyclic) bond motifs is 3. The van der Waals surface area contributed by atoms with Gasteiger partial charge in [0.1, 0.15) is 5.76 Å². The Hall–Kier alpha value is -4.38. The molecule has 4 aromatic rings.